The van der Waals surface area contributed by atoms with Crippen molar-refractivity contribution >= 4 is 13.6 Å². The number of allylic oxidation sites excluding steroid dienone is 1. The minimum absolute atomic E-state index is 0.256. The van der Waals surface area contributed by atoms with Crippen molar-refractivity contribution in [2.75, 3.05) is 12.8 Å². The van der Waals surface area contributed by atoms with Crippen LogP contribution in [0.1, 0.15) is 20.8 Å². The molecule has 0 aromatic heterocycles. The lowest BCUT2D eigenvalue weighted by molar-refractivity contribution is -0.138. The van der Waals surface area contributed by atoms with Gasteiger partial charge >= 0.3 is 13.6 Å². The van der Waals surface area contributed by atoms with Gasteiger partial charge in [0.25, 0.3) is 0 Å². The maximum atomic E-state index is 11.1. The summed E-state index contributed by atoms with van der Waals surface area (Å²) in [6.07, 6.45) is -0.436. The van der Waals surface area contributed by atoms with E-state index in [1.165, 1.54) is 0 Å². The molecule has 0 unspecified atom stereocenters. The van der Waals surface area contributed by atoms with Crippen LogP contribution in [-0.4, -0.2) is 28.5 Å². The van der Waals surface area contributed by atoms with Crippen molar-refractivity contribution in [1.82, 2.24) is 0 Å². The van der Waals surface area contributed by atoms with Gasteiger partial charge in [0.1, 0.15) is 6.61 Å². The van der Waals surface area contributed by atoms with E-state index < -0.39 is 19.7 Å². The molecule has 0 atom stereocenters. The quantitative estimate of drug-likeness (QED) is 0.422. The fourth-order valence-corrected chi connectivity index (χ4v) is 0.899. The van der Waals surface area contributed by atoms with Gasteiger partial charge in [0, 0.05) is 5.57 Å². The van der Waals surface area contributed by atoms with Gasteiger partial charge in [-0.1, -0.05) is 5.57 Å². The van der Waals surface area contributed by atoms with Crippen molar-refractivity contribution in [3.05, 3.63) is 11.1 Å². The highest BCUT2D eigenvalue weighted by Crippen LogP contribution is 2.33. The molecule has 0 aromatic rings. The van der Waals surface area contributed by atoms with E-state index in [0.717, 1.165) is 5.57 Å². The molecule has 0 aromatic carbocycles. The lowest BCUT2D eigenvalue weighted by Gasteiger charge is -2.06. The number of hydrogen-bond acceptors (Lipinski definition) is 3. The molecule has 0 heterocycles. The first-order valence-electron chi connectivity index (χ1n) is 4.10. The number of esters is 1. The van der Waals surface area contributed by atoms with Crippen LogP contribution in [0, 0.1) is 0 Å². The molecule has 0 amide bonds. The van der Waals surface area contributed by atoms with Crippen LogP contribution >= 0.6 is 7.60 Å². The van der Waals surface area contributed by atoms with Gasteiger partial charge < -0.3 is 14.5 Å². The highest BCUT2D eigenvalue weighted by molar-refractivity contribution is 7.51. The van der Waals surface area contributed by atoms with Gasteiger partial charge in [-0.15, -0.1) is 0 Å². The molecular weight excluding hydrogens is 207 g/mol. The molecular formula is C8H15O5P. The first kappa shape index (κ1) is 13.4. The van der Waals surface area contributed by atoms with Crippen LogP contribution in [0.4, 0.5) is 0 Å². The van der Waals surface area contributed by atoms with Crippen molar-refractivity contribution in [3.8, 4) is 0 Å². The van der Waals surface area contributed by atoms with Gasteiger partial charge in [-0.3, -0.25) is 4.57 Å². The molecule has 0 bridgehead atoms. The zero-order valence-electron chi connectivity index (χ0n) is 8.48. The average Bonchev–Trinajstić information content (AvgIpc) is 2.00. The summed E-state index contributed by atoms with van der Waals surface area (Å²) in [5.41, 5.74) is 1.29. The Morgan fingerprint density at radius 2 is 1.79 bits per heavy atom. The Morgan fingerprint density at radius 3 is 2.14 bits per heavy atom. The van der Waals surface area contributed by atoms with Crippen LogP contribution in [0.2, 0.25) is 0 Å². The molecule has 6 heteroatoms. The van der Waals surface area contributed by atoms with Crippen LogP contribution in [0.5, 0.6) is 0 Å². The zero-order valence-corrected chi connectivity index (χ0v) is 9.38. The summed E-state index contributed by atoms with van der Waals surface area (Å²) in [5, 5.41) is 0. The summed E-state index contributed by atoms with van der Waals surface area (Å²) in [4.78, 5) is 28.1. The van der Waals surface area contributed by atoms with Crippen molar-refractivity contribution < 1.29 is 23.9 Å². The average molecular weight is 222 g/mol. The molecule has 2 N–H and O–H groups in total. The molecule has 0 aliphatic heterocycles. The third-order valence-corrected chi connectivity index (χ3v) is 2.44. The van der Waals surface area contributed by atoms with Gasteiger partial charge in [0.05, 0.1) is 6.16 Å². The second-order valence-corrected chi connectivity index (χ2v) is 4.93. The van der Waals surface area contributed by atoms with E-state index in [2.05, 4.69) is 4.74 Å². The fraction of sp³-hybridized carbons (Fsp3) is 0.625. The van der Waals surface area contributed by atoms with E-state index in [-0.39, 0.29) is 6.61 Å². The molecule has 0 radical (unpaired) electrons. The van der Waals surface area contributed by atoms with Gasteiger partial charge in [-0.2, -0.15) is 0 Å². The first-order chi connectivity index (χ1) is 6.24. The molecule has 0 saturated heterocycles. The SMILES string of the molecule is CC(C)=C(C)C(=O)OCCP(=O)(O)O. The Bertz CT molecular complexity index is 284. The van der Waals surface area contributed by atoms with E-state index in [4.69, 9.17) is 9.79 Å². The van der Waals surface area contributed by atoms with E-state index in [9.17, 15) is 9.36 Å². The highest BCUT2D eigenvalue weighted by Gasteiger charge is 2.14. The van der Waals surface area contributed by atoms with E-state index in [0.29, 0.717) is 5.57 Å². The molecule has 5 nitrogen and oxygen atoms in total. The Labute approximate surface area is 82.9 Å². The highest BCUT2D eigenvalue weighted by atomic mass is 31.2. The number of rotatable bonds is 4. The topological polar surface area (TPSA) is 83.8 Å². The summed E-state index contributed by atoms with van der Waals surface area (Å²) in [6.45, 7) is 4.88. The lowest BCUT2D eigenvalue weighted by atomic mass is 10.2. The van der Waals surface area contributed by atoms with Crippen molar-refractivity contribution in [3.63, 3.8) is 0 Å². The molecule has 0 spiro atoms. The zero-order chi connectivity index (χ0) is 11.4. The first-order valence-corrected chi connectivity index (χ1v) is 5.89. The largest absolute Gasteiger partial charge is 0.462 e. The molecule has 0 saturated carbocycles. The van der Waals surface area contributed by atoms with E-state index in [1.54, 1.807) is 20.8 Å². The summed E-state index contributed by atoms with van der Waals surface area (Å²) < 4.78 is 15.1. The summed E-state index contributed by atoms with van der Waals surface area (Å²) in [6, 6.07) is 0. The number of carbonyl (C=O) groups excluding carboxylic acids is 1. The molecule has 82 valence electrons. The summed E-state index contributed by atoms with van der Waals surface area (Å²) >= 11 is 0. The van der Waals surface area contributed by atoms with Gasteiger partial charge in [-0.25, -0.2) is 4.79 Å². The minimum Gasteiger partial charge on any atom is -0.462 e. The standard InChI is InChI=1S/C8H15O5P/c1-6(2)7(3)8(9)13-4-5-14(10,11)12/h4-5H2,1-3H3,(H2,10,11,12). The monoisotopic (exact) mass is 222 g/mol. The molecule has 0 fully saturated rings. The number of carbonyl (C=O) groups is 1. The van der Waals surface area contributed by atoms with Crippen LogP contribution in [0.25, 0.3) is 0 Å². The molecule has 0 aliphatic carbocycles. The van der Waals surface area contributed by atoms with Crippen LogP contribution in [-0.2, 0) is 14.1 Å². The minimum atomic E-state index is -4.07. The van der Waals surface area contributed by atoms with E-state index >= 15 is 0 Å². The van der Waals surface area contributed by atoms with Crippen LogP contribution in [0.15, 0.2) is 11.1 Å². The third-order valence-electron chi connectivity index (χ3n) is 1.67. The predicted octanol–water partition coefficient (Wildman–Crippen LogP) is 1.06. The lowest BCUT2D eigenvalue weighted by Crippen LogP contribution is -2.10. The number of hydrogen-bond donors (Lipinski definition) is 2. The third kappa shape index (κ3) is 5.91. The van der Waals surface area contributed by atoms with Gasteiger partial charge in [-0.05, 0) is 20.8 Å². The van der Waals surface area contributed by atoms with Crippen LogP contribution in [0.3, 0.4) is 0 Å². The van der Waals surface area contributed by atoms with E-state index in [1.807, 2.05) is 0 Å². The maximum absolute atomic E-state index is 11.1. The predicted molar refractivity (Wildman–Crippen MR) is 51.9 cm³/mol. The van der Waals surface area contributed by atoms with Gasteiger partial charge in [0.15, 0.2) is 0 Å². The Balaban J connectivity index is 4.00. The van der Waals surface area contributed by atoms with Gasteiger partial charge in [0.2, 0.25) is 0 Å². The summed E-state index contributed by atoms with van der Waals surface area (Å²) in [7, 11) is -4.07. The molecule has 14 heavy (non-hydrogen) atoms. The van der Waals surface area contributed by atoms with Crippen molar-refractivity contribution in [1.29, 1.82) is 0 Å². The fourth-order valence-electron chi connectivity index (χ4n) is 0.570. The molecule has 0 rings (SSSR count). The smallest absolute Gasteiger partial charge is 0.333 e. The maximum Gasteiger partial charge on any atom is 0.333 e. The normalized spacial score (nSPS) is 10.9. The van der Waals surface area contributed by atoms with Crippen molar-refractivity contribution in [2.24, 2.45) is 0 Å². The second-order valence-electron chi connectivity index (χ2n) is 3.15. The summed E-state index contributed by atoms with van der Waals surface area (Å²) in [5.74, 6) is -0.529. The van der Waals surface area contributed by atoms with Crippen LogP contribution < -0.4 is 0 Å². The van der Waals surface area contributed by atoms with Crippen molar-refractivity contribution in [2.45, 2.75) is 20.8 Å². The second kappa shape index (κ2) is 5.29. The Kier molecular flexibility index (Phi) is 5.05. The Hall–Kier alpha value is -0.640. The molecule has 0 aliphatic rings. The number of ether oxygens (including phenoxy) is 1. The Morgan fingerprint density at radius 1 is 1.29 bits per heavy atom.